The van der Waals surface area contributed by atoms with Crippen molar-refractivity contribution in [1.29, 1.82) is 0 Å². The fourth-order valence-corrected chi connectivity index (χ4v) is 3.04. The summed E-state index contributed by atoms with van der Waals surface area (Å²) >= 11 is 3.15. The molecular formula is C14H17BrN2O4. The molecule has 0 aliphatic carbocycles. The maximum Gasteiger partial charge on any atom is 0.411 e. The van der Waals surface area contributed by atoms with E-state index in [4.69, 9.17) is 0 Å². The molecule has 0 aromatic heterocycles. The van der Waals surface area contributed by atoms with Gasteiger partial charge in [-0.15, -0.1) is 0 Å². The molecule has 1 amide bonds. The van der Waals surface area contributed by atoms with Crippen LogP contribution in [0.2, 0.25) is 0 Å². The number of benzene rings is 1. The Bertz CT molecular complexity index is 610. The van der Waals surface area contributed by atoms with Gasteiger partial charge >= 0.3 is 6.09 Å². The number of nitro groups is 1. The fourth-order valence-electron chi connectivity index (χ4n) is 2.56. The van der Waals surface area contributed by atoms with Crippen molar-refractivity contribution in [2.75, 3.05) is 11.4 Å². The van der Waals surface area contributed by atoms with Gasteiger partial charge in [-0.1, -0.05) is 20.8 Å². The van der Waals surface area contributed by atoms with Crippen molar-refractivity contribution in [3.8, 4) is 0 Å². The number of fused-ring (bicyclic) bond motifs is 1. The van der Waals surface area contributed by atoms with Crippen LogP contribution in [0.5, 0.6) is 0 Å². The number of nitrogens with zero attached hydrogens (tertiary/aromatic N) is 2. The Morgan fingerprint density at radius 3 is 2.57 bits per heavy atom. The summed E-state index contributed by atoms with van der Waals surface area (Å²) in [5.74, 6) is 0.113. The van der Waals surface area contributed by atoms with E-state index in [1.54, 1.807) is 0 Å². The first-order valence-corrected chi connectivity index (χ1v) is 7.38. The molecule has 114 valence electrons. The summed E-state index contributed by atoms with van der Waals surface area (Å²) in [6.07, 6.45) is -0.401. The van der Waals surface area contributed by atoms with Crippen molar-refractivity contribution in [3.05, 3.63) is 32.3 Å². The van der Waals surface area contributed by atoms with Crippen molar-refractivity contribution >= 4 is 33.4 Å². The molecular weight excluding hydrogens is 340 g/mol. The Labute approximate surface area is 131 Å². The summed E-state index contributed by atoms with van der Waals surface area (Å²) in [4.78, 5) is 23.4. The highest BCUT2D eigenvalue weighted by Crippen LogP contribution is 2.41. The number of halogens is 1. The molecule has 0 saturated carbocycles. The topological polar surface area (TPSA) is 83.7 Å². The van der Waals surface area contributed by atoms with Crippen LogP contribution >= 0.6 is 15.9 Å². The van der Waals surface area contributed by atoms with Crippen LogP contribution in [-0.2, 0) is 6.42 Å². The third kappa shape index (κ3) is 3.02. The zero-order chi connectivity index (χ0) is 15.9. The molecule has 0 radical (unpaired) electrons. The Balaban J connectivity index is 2.56. The van der Waals surface area contributed by atoms with Gasteiger partial charge in [-0.05, 0) is 45.3 Å². The van der Waals surface area contributed by atoms with Crippen molar-refractivity contribution in [2.45, 2.75) is 27.2 Å². The highest BCUT2D eigenvalue weighted by Gasteiger charge is 2.36. The monoisotopic (exact) mass is 356 g/mol. The van der Waals surface area contributed by atoms with Crippen LogP contribution in [0.25, 0.3) is 0 Å². The summed E-state index contributed by atoms with van der Waals surface area (Å²) in [7, 11) is 0. The summed E-state index contributed by atoms with van der Waals surface area (Å²) in [5, 5.41) is 20.5. The molecule has 0 bridgehead atoms. The van der Waals surface area contributed by atoms with Crippen LogP contribution in [-0.4, -0.2) is 22.7 Å². The van der Waals surface area contributed by atoms with E-state index >= 15 is 0 Å². The Hall–Kier alpha value is -1.63. The number of hydrogen-bond donors (Lipinski definition) is 1. The lowest BCUT2D eigenvalue weighted by atomic mass is 9.75. The zero-order valence-electron chi connectivity index (χ0n) is 12.1. The minimum atomic E-state index is -1.04. The Morgan fingerprint density at radius 2 is 2.10 bits per heavy atom. The molecule has 6 nitrogen and oxygen atoms in total. The minimum Gasteiger partial charge on any atom is -0.465 e. The molecule has 1 aliphatic rings. The van der Waals surface area contributed by atoms with E-state index in [0.29, 0.717) is 28.7 Å². The van der Waals surface area contributed by atoms with E-state index < -0.39 is 11.0 Å². The molecule has 1 heterocycles. The molecule has 0 spiro atoms. The van der Waals surface area contributed by atoms with E-state index in [1.165, 1.54) is 17.0 Å². The minimum absolute atomic E-state index is 0.0337. The molecule has 1 unspecified atom stereocenters. The summed E-state index contributed by atoms with van der Waals surface area (Å²) in [6.45, 7) is 6.55. The average Bonchev–Trinajstić information content (AvgIpc) is 2.35. The van der Waals surface area contributed by atoms with Crippen molar-refractivity contribution in [2.24, 2.45) is 11.3 Å². The predicted molar refractivity (Wildman–Crippen MR) is 82.8 cm³/mol. The van der Waals surface area contributed by atoms with Gasteiger partial charge in [0.15, 0.2) is 0 Å². The van der Waals surface area contributed by atoms with Gasteiger partial charge in [0.05, 0.1) is 15.1 Å². The number of nitro benzene ring substituents is 1. The summed E-state index contributed by atoms with van der Waals surface area (Å²) in [5.41, 5.74) is 1.13. The predicted octanol–water partition coefficient (Wildman–Crippen LogP) is 4.06. The summed E-state index contributed by atoms with van der Waals surface area (Å²) in [6, 6.07) is 3.01. The van der Waals surface area contributed by atoms with Crippen molar-refractivity contribution in [3.63, 3.8) is 0 Å². The average molecular weight is 357 g/mol. The standard InChI is InChI=1S/C14H17BrN2O4/c1-14(2,3)9-4-8-5-12(17(20)21)10(15)6-11(8)16(7-9)13(18)19/h5-6,9H,4,7H2,1-3H3,(H,18,19). The van der Waals surface area contributed by atoms with Gasteiger partial charge in [0.1, 0.15) is 0 Å². The van der Waals surface area contributed by atoms with E-state index in [9.17, 15) is 20.0 Å². The van der Waals surface area contributed by atoms with Crippen LogP contribution < -0.4 is 4.90 Å². The molecule has 0 fully saturated rings. The zero-order valence-corrected chi connectivity index (χ0v) is 13.7. The number of amides is 1. The number of hydrogen-bond acceptors (Lipinski definition) is 3. The maximum absolute atomic E-state index is 11.5. The van der Waals surface area contributed by atoms with E-state index in [2.05, 4.69) is 36.7 Å². The van der Waals surface area contributed by atoms with Crippen LogP contribution in [0, 0.1) is 21.4 Å². The van der Waals surface area contributed by atoms with E-state index in [0.717, 1.165) is 0 Å². The van der Waals surface area contributed by atoms with Crippen LogP contribution in [0.15, 0.2) is 16.6 Å². The van der Waals surface area contributed by atoms with Gasteiger partial charge in [-0.3, -0.25) is 15.0 Å². The highest BCUT2D eigenvalue weighted by atomic mass is 79.9. The van der Waals surface area contributed by atoms with E-state index in [1.807, 2.05) is 0 Å². The first-order chi connectivity index (χ1) is 9.61. The van der Waals surface area contributed by atoms with Crippen molar-refractivity contribution < 1.29 is 14.8 Å². The van der Waals surface area contributed by atoms with Crippen LogP contribution in [0.1, 0.15) is 26.3 Å². The highest BCUT2D eigenvalue weighted by molar-refractivity contribution is 9.10. The lowest BCUT2D eigenvalue weighted by Gasteiger charge is -2.39. The van der Waals surface area contributed by atoms with Gasteiger partial charge in [0.2, 0.25) is 0 Å². The third-order valence-corrected chi connectivity index (χ3v) is 4.60. The molecule has 1 atom stereocenters. The second-order valence-electron chi connectivity index (χ2n) is 6.35. The van der Waals surface area contributed by atoms with Crippen LogP contribution in [0.3, 0.4) is 0 Å². The largest absolute Gasteiger partial charge is 0.465 e. The quantitative estimate of drug-likeness (QED) is 0.607. The van der Waals surface area contributed by atoms with E-state index in [-0.39, 0.29) is 17.0 Å². The molecule has 0 saturated heterocycles. The van der Waals surface area contributed by atoms with Gasteiger partial charge < -0.3 is 5.11 Å². The first-order valence-electron chi connectivity index (χ1n) is 6.58. The second-order valence-corrected chi connectivity index (χ2v) is 7.20. The van der Waals surface area contributed by atoms with Crippen molar-refractivity contribution in [1.82, 2.24) is 0 Å². The number of carbonyl (C=O) groups is 1. The Kier molecular flexibility index (Phi) is 3.97. The smallest absolute Gasteiger partial charge is 0.411 e. The number of carboxylic acid groups (broad SMARTS) is 1. The maximum atomic E-state index is 11.5. The molecule has 21 heavy (non-hydrogen) atoms. The third-order valence-electron chi connectivity index (χ3n) is 3.96. The Morgan fingerprint density at radius 1 is 1.48 bits per heavy atom. The number of anilines is 1. The number of rotatable bonds is 1. The molecule has 1 aromatic carbocycles. The lowest BCUT2D eigenvalue weighted by molar-refractivity contribution is -0.385. The van der Waals surface area contributed by atoms with Gasteiger partial charge in [-0.2, -0.15) is 0 Å². The SMILES string of the molecule is CC(C)(C)C1Cc2cc([N+](=O)[O-])c(Br)cc2N(C(=O)O)C1. The second kappa shape index (κ2) is 5.29. The summed E-state index contributed by atoms with van der Waals surface area (Å²) < 4.78 is 0.298. The van der Waals surface area contributed by atoms with Gasteiger partial charge in [0.25, 0.3) is 5.69 Å². The molecule has 1 N–H and O–H groups in total. The molecule has 1 aromatic rings. The normalized spacial score (nSPS) is 18.3. The lowest BCUT2D eigenvalue weighted by Crippen LogP contribution is -2.43. The van der Waals surface area contributed by atoms with Gasteiger partial charge in [-0.25, -0.2) is 4.79 Å². The molecule has 2 rings (SSSR count). The molecule has 1 aliphatic heterocycles. The first kappa shape index (κ1) is 15.8. The van der Waals surface area contributed by atoms with Gasteiger partial charge in [0, 0.05) is 12.6 Å². The fraction of sp³-hybridized carbons (Fsp3) is 0.500. The van der Waals surface area contributed by atoms with Crippen LogP contribution in [0.4, 0.5) is 16.2 Å². The molecule has 7 heteroatoms.